The molecule has 1 aliphatic heterocycles. The van der Waals surface area contributed by atoms with Gasteiger partial charge in [0.15, 0.2) is 0 Å². The second-order valence-corrected chi connectivity index (χ2v) is 4.20. The first-order valence-corrected chi connectivity index (χ1v) is 5.75. The quantitative estimate of drug-likeness (QED) is 0.672. The van der Waals surface area contributed by atoms with E-state index in [2.05, 4.69) is 35.9 Å². The van der Waals surface area contributed by atoms with Gasteiger partial charge in [0.05, 0.1) is 0 Å². The van der Waals surface area contributed by atoms with Gasteiger partial charge in [-0.3, -0.25) is 0 Å². The highest BCUT2D eigenvalue weighted by atomic mass is 31.1. The maximum atomic E-state index is 5.60. The van der Waals surface area contributed by atoms with Crippen LogP contribution in [0.2, 0.25) is 0 Å². The van der Waals surface area contributed by atoms with E-state index in [1.165, 1.54) is 5.56 Å². The summed E-state index contributed by atoms with van der Waals surface area (Å²) in [6.45, 7) is 0. The molecule has 0 saturated carbocycles. The lowest BCUT2D eigenvalue weighted by Crippen LogP contribution is -2.23. The molecule has 0 saturated heterocycles. The Morgan fingerprint density at radius 3 is 2.29 bits per heavy atom. The SMILES string of the molecule is COC1(c2ccccc2)C=CPC=C1. The summed E-state index contributed by atoms with van der Waals surface area (Å²) in [7, 11) is 2.52. The molecule has 0 aromatic heterocycles. The largest absolute Gasteiger partial charge is 0.365 e. The fourth-order valence-electron chi connectivity index (χ4n) is 1.60. The van der Waals surface area contributed by atoms with Gasteiger partial charge in [0.2, 0.25) is 0 Å². The molecule has 72 valence electrons. The van der Waals surface area contributed by atoms with Gasteiger partial charge in [0.25, 0.3) is 0 Å². The van der Waals surface area contributed by atoms with Crippen molar-refractivity contribution >= 4 is 8.58 Å². The predicted molar refractivity (Wildman–Crippen MR) is 61.7 cm³/mol. The Hall–Kier alpha value is -0.910. The Labute approximate surface area is 86.3 Å². The maximum Gasteiger partial charge on any atom is 0.130 e. The van der Waals surface area contributed by atoms with E-state index in [1.54, 1.807) is 7.11 Å². The first-order valence-electron chi connectivity index (χ1n) is 4.59. The maximum absolute atomic E-state index is 5.60. The molecule has 0 bridgehead atoms. The first kappa shape index (κ1) is 9.64. The van der Waals surface area contributed by atoms with Gasteiger partial charge < -0.3 is 4.74 Å². The van der Waals surface area contributed by atoms with Crippen LogP contribution in [0.5, 0.6) is 0 Å². The summed E-state index contributed by atoms with van der Waals surface area (Å²) in [5.74, 6) is 4.33. The Kier molecular flexibility index (Phi) is 2.81. The second kappa shape index (κ2) is 4.08. The van der Waals surface area contributed by atoms with Crippen LogP contribution in [-0.4, -0.2) is 7.11 Å². The molecule has 0 unspecified atom stereocenters. The van der Waals surface area contributed by atoms with Crippen molar-refractivity contribution < 1.29 is 4.74 Å². The lowest BCUT2D eigenvalue weighted by molar-refractivity contribution is 0.0725. The molecule has 0 spiro atoms. The minimum atomic E-state index is -0.341. The molecule has 1 nitrogen and oxygen atoms in total. The number of methoxy groups -OCH3 is 1. The monoisotopic (exact) mass is 204 g/mol. The average molecular weight is 204 g/mol. The second-order valence-electron chi connectivity index (χ2n) is 3.20. The lowest BCUT2D eigenvalue weighted by Gasteiger charge is -2.28. The molecule has 0 radical (unpaired) electrons. The molecule has 0 N–H and O–H groups in total. The summed E-state index contributed by atoms with van der Waals surface area (Å²) < 4.78 is 5.60. The number of hydrogen-bond donors (Lipinski definition) is 0. The van der Waals surface area contributed by atoms with Gasteiger partial charge in [-0.05, 0) is 17.7 Å². The van der Waals surface area contributed by atoms with E-state index in [1.807, 2.05) is 18.2 Å². The normalized spacial score (nSPS) is 26.9. The molecule has 2 heteroatoms. The Balaban J connectivity index is 2.42. The molecule has 0 fully saturated rings. The molecule has 2 rings (SSSR count). The summed E-state index contributed by atoms with van der Waals surface area (Å²) in [5, 5.41) is 0. The molecule has 0 atom stereocenters. The zero-order valence-corrected chi connectivity index (χ0v) is 9.10. The van der Waals surface area contributed by atoms with Gasteiger partial charge >= 0.3 is 0 Å². The van der Waals surface area contributed by atoms with Crippen LogP contribution >= 0.6 is 8.58 Å². The average Bonchev–Trinajstić information content (AvgIpc) is 2.31. The third kappa shape index (κ3) is 1.66. The van der Waals surface area contributed by atoms with Crippen LogP contribution < -0.4 is 0 Å². The van der Waals surface area contributed by atoms with Crippen molar-refractivity contribution in [3.8, 4) is 0 Å². The number of rotatable bonds is 2. The number of hydrogen-bond acceptors (Lipinski definition) is 1. The Morgan fingerprint density at radius 1 is 1.07 bits per heavy atom. The van der Waals surface area contributed by atoms with Crippen molar-refractivity contribution in [2.24, 2.45) is 0 Å². The summed E-state index contributed by atoms with van der Waals surface area (Å²) in [5.41, 5.74) is 0.839. The minimum Gasteiger partial charge on any atom is -0.365 e. The standard InChI is InChI=1S/C12H13OP/c1-13-12(7-9-14-10-8-12)11-5-3-2-4-6-11/h2-10,14H,1H3. The Morgan fingerprint density at radius 2 is 1.71 bits per heavy atom. The zero-order valence-electron chi connectivity index (χ0n) is 8.10. The van der Waals surface area contributed by atoms with Crippen molar-refractivity contribution in [1.82, 2.24) is 0 Å². The topological polar surface area (TPSA) is 9.23 Å². The van der Waals surface area contributed by atoms with Crippen LogP contribution in [0, 0.1) is 0 Å². The van der Waals surface area contributed by atoms with E-state index in [0.717, 1.165) is 8.58 Å². The summed E-state index contributed by atoms with van der Waals surface area (Å²) in [6.07, 6.45) is 4.25. The van der Waals surface area contributed by atoms with Crippen molar-refractivity contribution in [2.45, 2.75) is 5.60 Å². The first-order chi connectivity index (χ1) is 6.87. The fraction of sp³-hybridized carbons (Fsp3) is 0.167. The van der Waals surface area contributed by atoms with Gasteiger partial charge in [-0.25, -0.2) is 0 Å². The number of benzene rings is 1. The smallest absolute Gasteiger partial charge is 0.130 e. The summed E-state index contributed by atoms with van der Waals surface area (Å²) in [6, 6.07) is 10.3. The van der Waals surface area contributed by atoms with Crippen LogP contribution in [0.4, 0.5) is 0 Å². The van der Waals surface area contributed by atoms with E-state index >= 15 is 0 Å². The highest BCUT2D eigenvalue weighted by Gasteiger charge is 2.26. The predicted octanol–water partition coefficient (Wildman–Crippen LogP) is 3.25. The highest BCUT2D eigenvalue weighted by Crippen LogP contribution is 2.35. The molecular weight excluding hydrogens is 191 g/mol. The van der Waals surface area contributed by atoms with Gasteiger partial charge in [0, 0.05) is 7.11 Å². The van der Waals surface area contributed by atoms with Crippen LogP contribution in [0.25, 0.3) is 0 Å². The molecule has 1 aromatic carbocycles. The van der Waals surface area contributed by atoms with Crippen molar-refractivity contribution in [3.05, 3.63) is 59.7 Å². The van der Waals surface area contributed by atoms with E-state index in [9.17, 15) is 0 Å². The third-order valence-corrected chi connectivity index (χ3v) is 3.14. The minimum absolute atomic E-state index is 0.341. The zero-order chi connectivity index (χ0) is 9.86. The summed E-state index contributed by atoms with van der Waals surface area (Å²) in [4.78, 5) is 0. The molecule has 1 aromatic rings. The van der Waals surface area contributed by atoms with Gasteiger partial charge in [-0.2, -0.15) is 0 Å². The third-order valence-electron chi connectivity index (χ3n) is 2.42. The van der Waals surface area contributed by atoms with Crippen LogP contribution in [0.1, 0.15) is 5.56 Å². The van der Waals surface area contributed by atoms with E-state index < -0.39 is 0 Å². The van der Waals surface area contributed by atoms with E-state index in [0.29, 0.717) is 0 Å². The van der Waals surface area contributed by atoms with Crippen LogP contribution in [0.15, 0.2) is 54.1 Å². The van der Waals surface area contributed by atoms with Crippen molar-refractivity contribution in [3.63, 3.8) is 0 Å². The van der Waals surface area contributed by atoms with Crippen LogP contribution in [0.3, 0.4) is 0 Å². The lowest BCUT2D eigenvalue weighted by atomic mass is 9.94. The molecule has 14 heavy (non-hydrogen) atoms. The van der Waals surface area contributed by atoms with Crippen LogP contribution in [-0.2, 0) is 10.3 Å². The van der Waals surface area contributed by atoms with Crippen molar-refractivity contribution in [1.29, 1.82) is 0 Å². The highest BCUT2D eigenvalue weighted by molar-refractivity contribution is 7.45. The Bertz CT molecular complexity index is 342. The van der Waals surface area contributed by atoms with E-state index in [-0.39, 0.29) is 5.60 Å². The molecule has 1 aliphatic rings. The summed E-state index contributed by atoms with van der Waals surface area (Å²) >= 11 is 0. The molecule has 1 heterocycles. The van der Waals surface area contributed by atoms with Gasteiger partial charge in [-0.15, -0.1) is 0 Å². The van der Waals surface area contributed by atoms with Gasteiger partial charge in [-0.1, -0.05) is 50.5 Å². The molecule has 0 aliphatic carbocycles. The van der Waals surface area contributed by atoms with Gasteiger partial charge in [0.1, 0.15) is 5.60 Å². The van der Waals surface area contributed by atoms with Crippen molar-refractivity contribution in [2.75, 3.05) is 7.11 Å². The fourth-order valence-corrected chi connectivity index (χ4v) is 2.40. The van der Waals surface area contributed by atoms with E-state index in [4.69, 9.17) is 4.74 Å². The number of ether oxygens (including phenoxy) is 1. The molecule has 0 amide bonds. The molecular formula is C12H13OP.